The molecule has 0 fully saturated rings. The van der Waals surface area contributed by atoms with Crippen LogP contribution in [0.4, 0.5) is 0 Å². The minimum atomic E-state index is -0.995. The predicted molar refractivity (Wildman–Crippen MR) is 165 cm³/mol. The number of halogens is 3. The summed E-state index contributed by atoms with van der Waals surface area (Å²) in [6.07, 6.45) is 6.03. The van der Waals surface area contributed by atoms with Gasteiger partial charge in [-0.1, -0.05) is 65.7 Å². The molecule has 5 nitrogen and oxygen atoms in total. The second kappa shape index (κ2) is 12.1. The van der Waals surface area contributed by atoms with Gasteiger partial charge in [0.15, 0.2) is 0 Å². The average Bonchev–Trinajstić information content (AvgIpc) is 3.35. The van der Waals surface area contributed by atoms with Crippen molar-refractivity contribution in [3.05, 3.63) is 123 Å². The van der Waals surface area contributed by atoms with E-state index in [2.05, 4.69) is 51.7 Å². The lowest BCUT2D eigenvalue weighted by Gasteiger charge is -2.09. The fourth-order valence-electron chi connectivity index (χ4n) is 4.19. The molecular weight excluding hydrogens is 611 g/mol. The average molecular weight is 634 g/mol. The van der Waals surface area contributed by atoms with E-state index in [0.717, 1.165) is 40.3 Å². The minimum absolute atomic E-state index is 0.184. The van der Waals surface area contributed by atoms with Crippen molar-refractivity contribution in [2.45, 2.75) is 13.5 Å². The summed E-state index contributed by atoms with van der Waals surface area (Å²) in [5, 5.41) is 10.3. The number of carboxylic acid groups (broad SMARTS) is 1. The molecule has 0 atom stereocenters. The van der Waals surface area contributed by atoms with Crippen molar-refractivity contribution in [1.82, 2.24) is 9.55 Å². The smallest absolute Gasteiger partial charge is 0.336 e. The van der Waals surface area contributed by atoms with Crippen molar-refractivity contribution in [2.75, 3.05) is 0 Å². The van der Waals surface area contributed by atoms with E-state index in [1.54, 1.807) is 18.2 Å². The Morgan fingerprint density at radius 1 is 0.925 bits per heavy atom. The number of hydrogen-bond acceptors (Lipinski definition) is 3. The summed E-state index contributed by atoms with van der Waals surface area (Å²) < 4.78 is 8.43. The van der Waals surface area contributed by atoms with Gasteiger partial charge in [0.25, 0.3) is 0 Å². The van der Waals surface area contributed by atoms with Crippen molar-refractivity contribution in [3.8, 4) is 33.9 Å². The molecule has 1 N–H and O–H groups in total. The van der Waals surface area contributed by atoms with Crippen LogP contribution in [0.1, 0.15) is 28.7 Å². The molecule has 0 aliphatic heterocycles. The number of rotatable bonds is 8. The summed E-state index contributed by atoms with van der Waals surface area (Å²) >= 11 is 15.7. The van der Waals surface area contributed by atoms with Crippen LogP contribution in [0.3, 0.4) is 0 Å². The summed E-state index contributed by atoms with van der Waals surface area (Å²) in [7, 11) is 0. The molecule has 0 aliphatic rings. The fourth-order valence-corrected chi connectivity index (χ4v) is 5.22. The summed E-state index contributed by atoms with van der Waals surface area (Å²) in [4.78, 5) is 16.0. The highest BCUT2D eigenvalue weighted by Crippen LogP contribution is 2.31. The quantitative estimate of drug-likeness (QED) is 0.185. The number of ether oxygens (including phenoxy) is 1. The Balaban J connectivity index is 1.27. The zero-order chi connectivity index (χ0) is 28.2. The van der Waals surface area contributed by atoms with E-state index >= 15 is 0 Å². The molecule has 40 heavy (non-hydrogen) atoms. The monoisotopic (exact) mass is 632 g/mol. The summed E-state index contributed by atoms with van der Waals surface area (Å²) in [6.45, 7) is 2.85. The first-order chi connectivity index (χ1) is 19.3. The van der Waals surface area contributed by atoms with E-state index < -0.39 is 5.97 Å². The maximum absolute atomic E-state index is 11.2. The Hall–Kier alpha value is -3.84. The second-order valence-electron chi connectivity index (χ2n) is 8.92. The molecule has 5 rings (SSSR count). The van der Waals surface area contributed by atoms with Gasteiger partial charge < -0.3 is 14.4 Å². The maximum atomic E-state index is 11.2. The first-order valence-electron chi connectivity index (χ1n) is 12.4. The van der Waals surface area contributed by atoms with E-state index in [-0.39, 0.29) is 5.56 Å². The van der Waals surface area contributed by atoms with Crippen LogP contribution in [0.15, 0.2) is 95.6 Å². The van der Waals surface area contributed by atoms with Crippen LogP contribution in [0.2, 0.25) is 10.0 Å². The van der Waals surface area contributed by atoms with Crippen molar-refractivity contribution >= 4 is 57.3 Å². The molecular formula is C32H23BrCl2N2O3. The van der Waals surface area contributed by atoms with E-state index in [4.69, 9.17) is 32.9 Å². The van der Waals surface area contributed by atoms with Crippen LogP contribution in [0, 0.1) is 0 Å². The van der Waals surface area contributed by atoms with Crippen molar-refractivity contribution in [3.63, 3.8) is 0 Å². The lowest BCUT2D eigenvalue weighted by molar-refractivity contribution is 0.0696. The number of imidazole rings is 1. The number of aromatic nitrogens is 2. The standard InChI is InChI=1S/C32H23BrCl2N2O3/c1-2-37-19-30(27-14-10-23(34)17-29(27)35)36-31(37)16-5-20-3-6-21(7-4-20)22-8-11-24(12-9-22)40-25-13-15-26(32(38)39)28(33)18-25/h3-19H,2H2,1H3,(H,38,39)/b16-5+. The Labute approximate surface area is 250 Å². The topological polar surface area (TPSA) is 64.4 Å². The first kappa shape index (κ1) is 27.7. The largest absolute Gasteiger partial charge is 0.478 e. The summed E-state index contributed by atoms with van der Waals surface area (Å²) in [6, 6.07) is 26.2. The number of hydrogen-bond donors (Lipinski definition) is 1. The number of aryl methyl sites for hydroxylation is 1. The van der Waals surface area contributed by atoms with Gasteiger partial charge in [-0.15, -0.1) is 0 Å². The maximum Gasteiger partial charge on any atom is 0.336 e. The van der Waals surface area contributed by atoms with Crippen LogP contribution >= 0.6 is 39.1 Å². The Morgan fingerprint density at radius 2 is 1.60 bits per heavy atom. The molecule has 0 aliphatic carbocycles. The van der Waals surface area contributed by atoms with Gasteiger partial charge in [-0.3, -0.25) is 0 Å². The van der Waals surface area contributed by atoms with Gasteiger partial charge in [-0.25, -0.2) is 9.78 Å². The van der Waals surface area contributed by atoms with E-state index in [1.807, 2.05) is 54.7 Å². The SMILES string of the molecule is CCn1cc(-c2ccc(Cl)cc2Cl)nc1/C=C/c1ccc(-c2ccc(Oc3ccc(C(=O)O)c(Br)c3)cc2)cc1. The van der Waals surface area contributed by atoms with E-state index in [1.165, 1.54) is 6.07 Å². The van der Waals surface area contributed by atoms with E-state index in [9.17, 15) is 9.90 Å². The summed E-state index contributed by atoms with van der Waals surface area (Å²) in [5.74, 6) is 1.05. The van der Waals surface area contributed by atoms with Gasteiger partial charge in [-0.05, 0) is 94.2 Å². The third-order valence-electron chi connectivity index (χ3n) is 6.29. The zero-order valence-electron chi connectivity index (χ0n) is 21.3. The lowest BCUT2D eigenvalue weighted by Crippen LogP contribution is -1.97. The van der Waals surface area contributed by atoms with Crippen molar-refractivity contribution < 1.29 is 14.6 Å². The highest BCUT2D eigenvalue weighted by atomic mass is 79.9. The van der Waals surface area contributed by atoms with Crippen molar-refractivity contribution in [1.29, 1.82) is 0 Å². The zero-order valence-corrected chi connectivity index (χ0v) is 24.4. The van der Waals surface area contributed by atoms with Crippen LogP contribution in [-0.4, -0.2) is 20.6 Å². The van der Waals surface area contributed by atoms with Gasteiger partial charge in [0.05, 0.1) is 16.3 Å². The molecule has 5 aromatic rings. The predicted octanol–water partition coefficient (Wildman–Crippen LogP) is 9.97. The highest BCUT2D eigenvalue weighted by molar-refractivity contribution is 9.10. The highest BCUT2D eigenvalue weighted by Gasteiger charge is 2.11. The Kier molecular flexibility index (Phi) is 8.40. The molecule has 4 aromatic carbocycles. The minimum Gasteiger partial charge on any atom is -0.478 e. The fraction of sp³-hybridized carbons (Fsp3) is 0.0625. The number of carboxylic acids is 1. The number of nitrogens with zero attached hydrogens (tertiary/aromatic N) is 2. The normalized spacial score (nSPS) is 11.2. The third-order valence-corrected chi connectivity index (χ3v) is 7.49. The first-order valence-corrected chi connectivity index (χ1v) is 14.0. The van der Waals surface area contributed by atoms with Crippen LogP contribution < -0.4 is 4.74 Å². The molecule has 1 aromatic heterocycles. The molecule has 0 saturated heterocycles. The Bertz CT molecular complexity index is 1710. The molecule has 0 amide bonds. The van der Waals surface area contributed by atoms with Gasteiger partial charge in [0.2, 0.25) is 0 Å². The number of aromatic carboxylic acids is 1. The Morgan fingerprint density at radius 3 is 2.23 bits per heavy atom. The van der Waals surface area contributed by atoms with Gasteiger partial charge in [-0.2, -0.15) is 0 Å². The summed E-state index contributed by atoms with van der Waals surface area (Å²) in [5.41, 5.74) is 5.01. The second-order valence-corrected chi connectivity index (χ2v) is 10.6. The molecule has 0 saturated carbocycles. The van der Waals surface area contributed by atoms with Crippen LogP contribution in [-0.2, 0) is 6.54 Å². The number of benzene rings is 4. The van der Waals surface area contributed by atoms with Gasteiger partial charge >= 0.3 is 5.97 Å². The van der Waals surface area contributed by atoms with E-state index in [0.29, 0.717) is 26.0 Å². The van der Waals surface area contributed by atoms with Crippen molar-refractivity contribution in [2.24, 2.45) is 0 Å². The van der Waals surface area contributed by atoms with Gasteiger partial charge in [0.1, 0.15) is 17.3 Å². The molecule has 200 valence electrons. The van der Waals surface area contributed by atoms with Crippen LogP contribution in [0.25, 0.3) is 34.5 Å². The molecule has 0 spiro atoms. The lowest BCUT2D eigenvalue weighted by atomic mass is 10.0. The molecule has 1 heterocycles. The molecule has 0 unspecified atom stereocenters. The molecule has 0 radical (unpaired) electrons. The molecule has 0 bridgehead atoms. The van der Waals surface area contributed by atoms with Gasteiger partial charge in [0, 0.05) is 27.8 Å². The molecule has 8 heteroatoms. The third kappa shape index (κ3) is 6.31. The van der Waals surface area contributed by atoms with Crippen LogP contribution in [0.5, 0.6) is 11.5 Å². The number of carbonyl (C=O) groups is 1.